The predicted octanol–water partition coefficient (Wildman–Crippen LogP) is -0.122. The number of hydrogen-bond donors (Lipinski definition) is 4. The lowest BCUT2D eigenvalue weighted by atomic mass is 10.2. The molecule has 2 unspecified atom stereocenters. The number of benzene rings is 1. The van der Waals surface area contributed by atoms with E-state index in [0.29, 0.717) is 31.7 Å². The van der Waals surface area contributed by atoms with Gasteiger partial charge in [-0.15, -0.1) is 0 Å². The third-order valence-corrected chi connectivity index (χ3v) is 3.73. The Morgan fingerprint density at radius 3 is 2.67 bits per heavy atom. The first-order valence-corrected chi connectivity index (χ1v) is 7.01. The molecule has 2 saturated heterocycles. The molecule has 2 atom stereocenters. The number of nitrogens with one attached hydrogen (secondary N) is 3. The average molecular weight is 290 g/mol. The van der Waals surface area contributed by atoms with E-state index in [1.807, 2.05) is 0 Å². The highest BCUT2D eigenvalue weighted by Crippen LogP contribution is 2.20. The predicted molar refractivity (Wildman–Crippen MR) is 78.2 cm³/mol. The molecule has 2 aliphatic rings. The fourth-order valence-corrected chi connectivity index (χ4v) is 2.59. The second kappa shape index (κ2) is 5.71. The van der Waals surface area contributed by atoms with Gasteiger partial charge in [0.05, 0.1) is 12.1 Å². The Morgan fingerprint density at radius 1 is 1.33 bits per heavy atom. The van der Waals surface area contributed by atoms with Crippen LogP contribution in [0.25, 0.3) is 0 Å². The Hall–Kier alpha value is -2.12. The maximum atomic E-state index is 12.0. The maximum absolute atomic E-state index is 12.0. The maximum Gasteiger partial charge on any atom is 0.321 e. The second-order valence-electron chi connectivity index (χ2n) is 5.27. The first kappa shape index (κ1) is 13.8. The van der Waals surface area contributed by atoms with Gasteiger partial charge < -0.3 is 21.1 Å². The lowest BCUT2D eigenvalue weighted by molar-refractivity contribution is -0.117. The summed E-state index contributed by atoms with van der Waals surface area (Å²) in [7, 11) is 0. The highest BCUT2D eigenvalue weighted by Gasteiger charge is 2.28. The van der Waals surface area contributed by atoms with Crippen molar-refractivity contribution in [3.05, 3.63) is 24.3 Å². The van der Waals surface area contributed by atoms with Crippen LogP contribution in [-0.4, -0.2) is 48.8 Å². The number of aliphatic hydroxyl groups excluding tert-OH is 1. The van der Waals surface area contributed by atoms with Crippen molar-refractivity contribution < 1.29 is 14.7 Å². The zero-order valence-corrected chi connectivity index (χ0v) is 11.5. The van der Waals surface area contributed by atoms with Crippen molar-refractivity contribution in [1.82, 2.24) is 10.6 Å². The molecule has 112 valence electrons. The summed E-state index contributed by atoms with van der Waals surface area (Å²) in [6.07, 6.45) is -0.0329. The summed E-state index contributed by atoms with van der Waals surface area (Å²) in [4.78, 5) is 25.2. The van der Waals surface area contributed by atoms with E-state index in [1.54, 1.807) is 29.2 Å². The number of carbonyl (C=O) groups is 2. The molecule has 2 heterocycles. The van der Waals surface area contributed by atoms with E-state index in [4.69, 9.17) is 0 Å². The van der Waals surface area contributed by atoms with Crippen LogP contribution in [0.15, 0.2) is 24.3 Å². The first-order chi connectivity index (χ1) is 10.1. The molecule has 3 amide bonds. The Morgan fingerprint density at radius 2 is 2.10 bits per heavy atom. The molecule has 0 spiro atoms. The Kier molecular flexibility index (Phi) is 3.76. The van der Waals surface area contributed by atoms with E-state index in [-0.39, 0.29) is 18.0 Å². The summed E-state index contributed by atoms with van der Waals surface area (Å²) in [5.41, 5.74) is 1.48. The minimum absolute atomic E-state index is 0.101. The van der Waals surface area contributed by atoms with Crippen LogP contribution < -0.4 is 20.9 Å². The smallest absolute Gasteiger partial charge is 0.321 e. The molecule has 1 aromatic rings. The molecule has 7 heteroatoms. The van der Waals surface area contributed by atoms with Crippen molar-refractivity contribution in [2.75, 3.05) is 29.9 Å². The number of rotatable bonds is 3. The molecule has 3 rings (SSSR count). The Bertz CT molecular complexity index is 546. The van der Waals surface area contributed by atoms with Gasteiger partial charge in [0.15, 0.2) is 0 Å². The zero-order chi connectivity index (χ0) is 14.8. The molecular weight excluding hydrogens is 272 g/mol. The van der Waals surface area contributed by atoms with Crippen LogP contribution in [0.2, 0.25) is 0 Å². The van der Waals surface area contributed by atoms with E-state index < -0.39 is 6.10 Å². The molecule has 0 bridgehead atoms. The summed E-state index contributed by atoms with van der Waals surface area (Å²) in [6.45, 7) is 1.74. The van der Waals surface area contributed by atoms with Crippen molar-refractivity contribution in [2.45, 2.75) is 18.6 Å². The van der Waals surface area contributed by atoms with E-state index in [0.717, 1.165) is 5.69 Å². The molecule has 2 fully saturated rings. The zero-order valence-electron chi connectivity index (χ0n) is 11.5. The third kappa shape index (κ3) is 2.98. The number of carbonyl (C=O) groups excluding carboxylic acids is 2. The number of hydrogen-bond acceptors (Lipinski definition) is 4. The van der Waals surface area contributed by atoms with Gasteiger partial charge in [-0.1, -0.05) is 0 Å². The fraction of sp³-hybridized carbons (Fsp3) is 0.429. The average Bonchev–Trinajstić information content (AvgIpc) is 3.08. The minimum atomic E-state index is -0.461. The topological polar surface area (TPSA) is 93.7 Å². The van der Waals surface area contributed by atoms with Crippen LogP contribution in [0.4, 0.5) is 16.2 Å². The van der Waals surface area contributed by atoms with E-state index >= 15 is 0 Å². The number of aliphatic hydroxyl groups is 1. The normalized spacial score (nSPS) is 25.0. The monoisotopic (exact) mass is 290 g/mol. The highest BCUT2D eigenvalue weighted by atomic mass is 16.3. The number of urea groups is 1. The van der Waals surface area contributed by atoms with Crippen molar-refractivity contribution in [3.63, 3.8) is 0 Å². The summed E-state index contributed by atoms with van der Waals surface area (Å²) in [6, 6.07) is 6.68. The summed E-state index contributed by atoms with van der Waals surface area (Å²) in [5, 5.41) is 17.9. The van der Waals surface area contributed by atoms with E-state index in [2.05, 4.69) is 16.0 Å². The molecule has 0 aliphatic carbocycles. The summed E-state index contributed by atoms with van der Waals surface area (Å²) in [5.74, 6) is -0.154. The van der Waals surface area contributed by atoms with Crippen LogP contribution >= 0.6 is 0 Å². The molecular formula is C14H18N4O3. The van der Waals surface area contributed by atoms with Crippen LogP contribution in [0.1, 0.15) is 6.42 Å². The molecule has 7 nitrogen and oxygen atoms in total. The number of anilines is 2. The molecule has 4 N–H and O–H groups in total. The Labute approximate surface area is 122 Å². The molecule has 2 aliphatic heterocycles. The van der Waals surface area contributed by atoms with Gasteiger partial charge in [-0.2, -0.15) is 0 Å². The lowest BCUT2D eigenvalue weighted by Gasteiger charge is -2.15. The van der Waals surface area contributed by atoms with Crippen LogP contribution in [0.5, 0.6) is 0 Å². The molecule has 0 radical (unpaired) electrons. The molecule has 0 saturated carbocycles. The molecule has 0 aromatic heterocycles. The van der Waals surface area contributed by atoms with Crippen LogP contribution in [0, 0.1) is 0 Å². The minimum Gasteiger partial charge on any atom is -0.392 e. The van der Waals surface area contributed by atoms with Gasteiger partial charge in [0, 0.05) is 31.0 Å². The summed E-state index contributed by atoms with van der Waals surface area (Å²) < 4.78 is 0. The van der Waals surface area contributed by atoms with Gasteiger partial charge in [0.2, 0.25) is 5.91 Å². The van der Waals surface area contributed by atoms with Gasteiger partial charge in [-0.05, 0) is 30.7 Å². The largest absolute Gasteiger partial charge is 0.392 e. The second-order valence-corrected chi connectivity index (χ2v) is 5.27. The highest BCUT2D eigenvalue weighted by molar-refractivity contribution is 5.96. The van der Waals surface area contributed by atoms with Crippen LogP contribution in [0.3, 0.4) is 0 Å². The van der Waals surface area contributed by atoms with Crippen molar-refractivity contribution in [3.8, 4) is 0 Å². The quantitative estimate of drug-likeness (QED) is 0.624. The molecule has 21 heavy (non-hydrogen) atoms. The number of amides is 3. The van der Waals surface area contributed by atoms with E-state index in [1.165, 1.54) is 0 Å². The number of β-amino-alcohol motifs (C(OH)–C–C–N with tert-alkyl or cyclic N) is 1. The van der Waals surface area contributed by atoms with Gasteiger partial charge in [-0.25, -0.2) is 4.79 Å². The first-order valence-electron chi connectivity index (χ1n) is 7.01. The third-order valence-electron chi connectivity index (χ3n) is 3.73. The number of nitrogens with zero attached hydrogens (tertiary/aromatic N) is 1. The Balaban J connectivity index is 1.62. The van der Waals surface area contributed by atoms with Gasteiger partial charge in [-0.3, -0.25) is 9.69 Å². The fourth-order valence-electron chi connectivity index (χ4n) is 2.59. The van der Waals surface area contributed by atoms with Gasteiger partial charge in [0.1, 0.15) is 0 Å². The van der Waals surface area contributed by atoms with E-state index in [9.17, 15) is 14.7 Å². The standard InChI is InChI=1S/C14H18N4O3/c19-11-7-12(16-8-11)13(20)17-9-1-3-10(4-2-9)18-6-5-15-14(18)21/h1-4,11-12,16,19H,5-8H2,(H,15,21)(H,17,20). The molecule has 1 aromatic carbocycles. The van der Waals surface area contributed by atoms with Gasteiger partial charge in [0.25, 0.3) is 0 Å². The SMILES string of the molecule is O=C(Nc1ccc(N2CCNC2=O)cc1)C1CC(O)CN1. The van der Waals surface area contributed by atoms with Crippen molar-refractivity contribution >= 4 is 23.3 Å². The van der Waals surface area contributed by atoms with Gasteiger partial charge >= 0.3 is 6.03 Å². The summed E-state index contributed by atoms with van der Waals surface area (Å²) >= 11 is 0. The van der Waals surface area contributed by atoms with Crippen molar-refractivity contribution in [1.29, 1.82) is 0 Å². The van der Waals surface area contributed by atoms with Crippen molar-refractivity contribution in [2.24, 2.45) is 0 Å². The van der Waals surface area contributed by atoms with Crippen LogP contribution in [-0.2, 0) is 4.79 Å². The lowest BCUT2D eigenvalue weighted by Crippen LogP contribution is -2.35.